The zero-order valence-corrected chi connectivity index (χ0v) is 42.1. The Morgan fingerprint density at radius 1 is 0.692 bits per heavy atom. The predicted octanol–water partition coefficient (Wildman–Crippen LogP) is 5.21. The molecular formula is C49H79N7O8Si. The fourth-order valence-electron chi connectivity index (χ4n) is 8.02. The van der Waals surface area contributed by atoms with Crippen LogP contribution in [-0.4, -0.2) is 186 Å². The third-order valence-electron chi connectivity index (χ3n) is 12.0. The van der Waals surface area contributed by atoms with Gasteiger partial charge in [0.25, 0.3) is 0 Å². The van der Waals surface area contributed by atoms with Crippen molar-refractivity contribution in [2.75, 3.05) is 116 Å². The fourth-order valence-corrected chi connectivity index (χ4v) is 8.68. The van der Waals surface area contributed by atoms with Gasteiger partial charge in [0.1, 0.15) is 11.6 Å². The molecule has 2 saturated heterocycles. The summed E-state index contributed by atoms with van der Waals surface area (Å²) < 4.78 is 17.4. The van der Waals surface area contributed by atoms with E-state index in [4.69, 9.17) is 18.9 Å². The third kappa shape index (κ3) is 18.8. The highest BCUT2D eigenvalue weighted by molar-refractivity contribution is 6.31. The van der Waals surface area contributed by atoms with Crippen molar-refractivity contribution in [3.63, 3.8) is 0 Å². The maximum absolute atomic E-state index is 13.8. The average molecular weight is 922 g/mol. The van der Waals surface area contributed by atoms with E-state index in [1.165, 1.54) is 0 Å². The van der Waals surface area contributed by atoms with Gasteiger partial charge in [0.15, 0.2) is 0 Å². The summed E-state index contributed by atoms with van der Waals surface area (Å²) in [7, 11) is 0.342. The number of esters is 2. The number of ether oxygens (including phenoxy) is 2. The van der Waals surface area contributed by atoms with Crippen LogP contribution in [-0.2, 0) is 43.5 Å². The monoisotopic (exact) mass is 922 g/mol. The number of benzene rings is 1. The van der Waals surface area contributed by atoms with Gasteiger partial charge in [0.05, 0.1) is 55.7 Å². The minimum atomic E-state index is -0.525. The first kappa shape index (κ1) is 53.8. The molecule has 362 valence electrons. The highest BCUT2D eigenvalue weighted by Gasteiger charge is 2.30. The van der Waals surface area contributed by atoms with Gasteiger partial charge in [-0.3, -0.25) is 43.6 Å². The van der Waals surface area contributed by atoms with E-state index in [0.717, 1.165) is 48.0 Å². The Bertz CT molecular complexity index is 1850. The van der Waals surface area contributed by atoms with Crippen LogP contribution in [0.3, 0.4) is 0 Å². The predicted molar refractivity (Wildman–Crippen MR) is 257 cm³/mol. The van der Waals surface area contributed by atoms with Gasteiger partial charge in [-0.25, -0.2) is 4.98 Å². The van der Waals surface area contributed by atoms with Crippen molar-refractivity contribution in [1.29, 1.82) is 0 Å². The van der Waals surface area contributed by atoms with E-state index >= 15 is 0 Å². The molecule has 1 amide bonds. The number of rotatable bonds is 21. The molecule has 2 aromatic rings. The van der Waals surface area contributed by atoms with Gasteiger partial charge in [-0.05, 0) is 70.2 Å². The third-order valence-corrected chi connectivity index (χ3v) is 13.2. The Labute approximate surface area is 391 Å². The molecule has 2 fully saturated rings. The Hall–Kier alpha value is -3.80. The maximum Gasteiger partial charge on any atom is 0.320 e. The lowest BCUT2D eigenvalue weighted by Crippen LogP contribution is -2.52. The minimum absolute atomic E-state index is 0.0243. The molecular weight excluding hydrogens is 843 g/mol. The molecule has 1 atom stereocenters. The van der Waals surface area contributed by atoms with Gasteiger partial charge in [-0.15, -0.1) is 0 Å². The highest BCUT2D eigenvalue weighted by atomic mass is 28.2. The number of piperazine rings is 1. The van der Waals surface area contributed by atoms with Crippen molar-refractivity contribution in [2.45, 2.75) is 118 Å². The topological polar surface area (TPSA) is 145 Å². The molecule has 1 aromatic carbocycles. The van der Waals surface area contributed by atoms with Crippen molar-refractivity contribution in [1.82, 2.24) is 29.5 Å². The van der Waals surface area contributed by atoms with E-state index in [1.807, 2.05) is 34.6 Å². The van der Waals surface area contributed by atoms with E-state index in [-0.39, 0.29) is 60.5 Å². The zero-order chi connectivity index (χ0) is 47.6. The van der Waals surface area contributed by atoms with Crippen LogP contribution < -0.4 is 4.90 Å². The summed E-state index contributed by atoms with van der Waals surface area (Å²) in [5.41, 5.74) is 2.34. The minimum Gasteiger partial charge on any atom is -0.465 e. The van der Waals surface area contributed by atoms with Crippen LogP contribution in [0.25, 0.3) is 10.9 Å². The molecule has 2 aliphatic heterocycles. The molecule has 2 aliphatic rings. The van der Waals surface area contributed by atoms with E-state index in [1.54, 1.807) is 13.8 Å². The summed E-state index contributed by atoms with van der Waals surface area (Å²) in [5.74, 6) is -0.569. The summed E-state index contributed by atoms with van der Waals surface area (Å²) >= 11 is 0. The van der Waals surface area contributed by atoms with Crippen molar-refractivity contribution >= 4 is 55.8 Å². The summed E-state index contributed by atoms with van der Waals surface area (Å²) in [4.78, 5) is 83.0. The number of hydrogen-bond acceptors (Lipinski definition) is 14. The smallest absolute Gasteiger partial charge is 0.320 e. The van der Waals surface area contributed by atoms with Gasteiger partial charge in [-0.2, -0.15) is 0 Å². The molecule has 0 aliphatic carbocycles. The summed E-state index contributed by atoms with van der Waals surface area (Å²) in [6, 6.07) is 9.98. The molecule has 0 N–H and O–H groups in total. The average Bonchev–Trinajstić information content (AvgIpc) is 3.25. The molecule has 16 heteroatoms. The molecule has 4 rings (SSSR count). The lowest BCUT2D eigenvalue weighted by Gasteiger charge is -2.37. The summed E-state index contributed by atoms with van der Waals surface area (Å²) in [6.07, 6.45) is 4.02. The van der Waals surface area contributed by atoms with E-state index in [9.17, 15) is 24.0 Å². The number of amides is 1. The van der Waals surface area contributed by atoms with Crippen LogP contribution in [0.15, 0.2) is 30.3 Å². The molecule has 1 unspecified atom stereocenters. The molecule has 0 bridgehead atoms. The zero-order valence-electron chi connectivity index (χ0n) is 41.1. The second-order valence-corrected chi connectivity index (χ2v) is 21.2. The molecule has 0 spiro atoms. The van der Waals surface area contributed by atoms with Crippen LogP contribution >= 0.6 is 0 Å². The number of Topliss-reactive ketones (excluding diaryl/α,β-unsaturated/α-hetero) is 2. The largest absolute Gasteiger partial charge is 0.465 e. The maximum atomic E-state index is 13.8. The number of aromatic nitrogens is 1. The normalized spacial score (nSPS) is 17.6. The molecule has 0 saturated carbocycles. The lowest BCUT2D eigenvalue weighted by atomic mass is 10.0. The molecule has 1 aromatic heterocycles. The van der Waals surface area contributed by atoms with Crippen LogP contribution in [0, 0.1) is 0 Å². The Morgan fingerprint density at radius 2 is 1.22 bits per heavy atom. The van der Waals surface area contributed by atoms with Crippen molar-refractivity contribution < 1.29 is 37.9 Å². The van der Waals surface area contributed by atoms with E-state index in [2.05, 4.69) is 73.6 Å². The van der Waals surface area contributed by atoms with Crippen molar-refractivity contribution in [2.24, 2.45) is 0 Å². The standard InChI is InChI=1S/C49H79N7O8Si/c1-10-12-32-62-46(60)36-52-21-20-51(35-38(3)57)24-26-55(27-25-53(23-22-52)37-47(61)63-33-13-11-2)43(39(4)58)17-19-45(59)56-30-28-54(29-31-56)41-16-14-40-15-18-44(50-42(40)34-41)49(8,9)64-65-48(5,6)7/h14-16,18,34,43H,10-13,17,19-33,35-37H2,1-9H3. The molecule has 2 radical (unpaired) electrons. The fraction of sp³-hybridized carbons (Fsp3) is 0.714. The first-order valence-corrected chi connectivity index (χ1v) is 24.9. The van der Waals surface area contributed by atoms with E-state index < -0.39 is 11.6 Å². The molecule has 3 heterocycles. The van der Waals surface area contributed by atoms with Gasteiger partial charge in [0, 0.05) is 96.0 Å². The number of ketones is 2. The number of pyridine rings is 1. The number of hydrogen-bond donors (Lipinski definition) is 0. The van der Waals surface area contributed by atoms with Gasteiger partial charge >= 0.3 is 11.9 Å². The number of carbonyl (C=O) groups is 5. The van der Waals surface area contributed by atoms with Crippen LogP contribution in [0.4, 0.5) is 5.69 Å². The van der Waals surface area contributed by atoms with Gasteiger partial charge in [0.2, 0.25) is 15.7 Å². The quantitative estimate of drug-likeness (QED) is 0.0918. The number of carbonyl (C=O) groups excluding carboxylic acids is 5. The van der Waals surface area contributed by atoms with Crippen molar-refractivity contribution in [3.8, 4) is 0 Å². The summed E-state index contributed by atoms with van der Waals surface area (Å²) in [5, 5.41) is 1.13. The van der Waals surface area contributed by atoms with Gasteiger partial charge in [-0.1, -0.05) is 59.6 Å². The SMILES string of the molecule is CCCCOC(=O)CN1CCN(CC(C)=O)CCN(C(CCC(=O)N2CCN(c3ccc4ccc(C(C)(C)O[Si]C(C)(C)C)nc4c3)CC2)C(C)=O)CCN(CC(=O)OCCCC)CC1. The van der Waals surface area contributed by atoms with Gasteiger partial charge < -0.3 is 23.7 Å². The molecule has 65 heavy (non-hydrogen) atoms. The van der Waals surface area contributed by atoms with Crippen molar-refractivity contribution in [3.05, 3.63) is 36.0 Å². The second-order valence-electron chi connectivity index (χ2n) is 19.3. The first-order valence-electron chi connectivity index (χ1n) is 24.0. The molecule has 15 nitrogen and oxygen atoms in total. The van der Waals surface area contributed by atoms with E-state index in [0.29, 0.717) is 108 Å². The second kappa shape index (κ2) is 26.5. The number of unbranched alkanes of at least 4 members (excludes halogenated alkanes) is 2. The first-order chi connectivity index (χ1) is 30.9. The number of fused-ring (bicyclic) bond motifs is 1. The number of nitrogens with zero attached hydrogens (tertiary/aromatic N) is 7. The van der Waals surface area contributed by atoms with Crippen LogP contribution in [0.1, 0.15) is 107 Å². The lowest BCUT2D eigenvalue weighted by molar-refractivity contribution is -0.147. The Balaban J connectivity index is 1.42. The van der Waals surface area contributed by atoms with Crippen LogP contribution in [0.5, 0.6) is 0 Å². The Kier molecular flexibility index (Phi) is 21.9. The highest BCUT2D eigenvalue weighted by Crippen LogP contribution is 2.31. The van der Waals surface area contributed by atoms with Crippen LogP contribution in [0.2, 0.25) is 5.04 Å². The Morgan fingerprint density at radius 3 is 1.72 bits per heavy atom. The number of anilines is 1. The summed E-state index contributed by atoms with van der Waals surface area (Å²) in [6.45, 7) is 25.6.